The van der Waals surface area contributed by atoms with Crippen molar-refractivity contribution in [2.75, 3.05) is 11.5 Å². The molecular formula is C8H13N3. The first-order valence-corrected chi connectivity index (χ1v) is 3.52. The molecule has 0 radical (unpaired) electrons. The van der Waals surface area contributed by atoms with E-state index in [2.05, 4.69) is 0 Å². The Hall–Kier alpha value is -1.22. The van der Waals surface area contributed by atoms with Crippen LogP contribution in [0, 0.1) is 0 Å². The van der Waals surface area contributed by atoms with Crippen LogP contribution >= 0.6 is 0 Å². The first kappa shape index (κ1) is 7.88. The lowest BCUT2D eigenvalue weighted by Crippen LogP contribution is -2.10. The molecule has 1 aromatic rings. The van der Waals surface area contributed by atoms with E-state index in [1.165, 1.54) is 0 Å². The van der Waals surface area contributed by atoms with Crippen LogP contribution in [0.25, 0.3) is 0 Å². The van der Waals surface area contributed by atoms with Gasteiger partial charge in [0.25, 0.3) is 0 Å². The first-order valence-electron chi connectivity index (χ1n) is 3.52. The van der Waals surface area contributed by atoms with Crippen molar-refractivity contribution < 1.29 is 0 Å². The number of hydrogen-bond acceptors (Lipinski definition) is 3. The molecule has 1 aromatic carbocycles. The van der Waals surface area contributed by atoms with Crippen LogP contribution in [0.4, 0.5) is 11.4 Å². The van der Waals surface area contributed by atoms with Crippen LogP contribution in [-0.2, 0) is 0 Å². The Balaban J connectivity index is 3.21. The molecule has 0 saturated heterocycles. The van der Waals surface area contributed by atoms with E-state index in [1.54, 1.807) is 12.1 Å². The van der Waals surface area contributed by atoms with Gasteiger partial charge in [0.05, 0.1) is 0 Å². The highest BCUT2D eigenvalue weighted by molar-refractivity contribution is 5.62. The molecule has 0 aliphatic carbocycles. The Labute approximate surface area is 66.2 Å². The summed E-state index contributed by atoms with van der Waals surface area (Å²) in [7, 11) is 0. The van der Waals surface area contributed by atoms with E-state index in [0.717, 1.165) is 5.56 Å². The predicted molar refractivity (Wildman–Crippen MR) is 47.9 cm³/mol. The fraction of sp³-hybridized carbons (Fsp3) is 0.250. The maximum atomic E-state index is 5.66. The van der Waals surface area contributed by atoms with E-state index in [0.29, 0.717) is 11.4 Å². The summed E-state index contributed by atoms with van der Waals surface area (Å²) in [4.78, 5) is 0. The number of hydrogen-bond donors (Lipinski definition) is 3. The van der Waals surface area contributed by atoms with Crippen molar-refractivity contribution in [1.82, 2.24) is 0 Å². The summed E-state index contributed by atoms with van der Waals surface area (Å²) in [5.41, 5.74) is 19.2. The highest BCUT2D eigenvalue weighted by atomic mass is 14.7. The molecule has 0 aromatic heterocycles. The van der Waals surface area contributed by atoms with E-state index < -0.39 is 0 Å². The van der Waals surface area contributed by atoms with Gasteiger partial charge in [0.15, 0.2) is 0 Å². The van der Waals surface area contributed by atoms with Gasteiger partial charge in [-0.25, -0.2) is 0 Å². The van der Waals surface area contributed by atoms with E-state index in [4.69, 9.17) is 17.2 Å². The van der Waals surface area contributed by atoms with Crippen molar-refractivity contribution in [3.05, 3.63) is 23.8 Å². The van der Waals surface area contributed by atoms with Gasteiger partial charge in [-0.3, -0.25) is 0 Å². The zero-order chi connectivity index (χ0) is 8.43. The third-order valence-electron chi connectivity index (χ3n) is 1.63. The van der Waals surface area contributed by atoms with Gasteiger partial charge in [0, 0.05) is 23.0 Å². The zero-order valence-electron chi connectivity index (χ0n) is 6.54. The summed E-state index contributed by atoms with van der Waals surface area (Å²) in [6, 6.07) is 5.32. The maximum absolute atomic E-state index is 5.66. The van der Waals surface area contributed by atoms with Crippen molar-refractivity contribution in [3.8, 4) is 0 Å². The average molecular weight is 151 g/mol. The van der Waals surface area contributed by atoms with Gasteiger partial charge in [0.2, 0.25) is 0 Å². The van der Waals surface area contributed by atoms with Crippen LogP contribution in [0.15, 0.2) is 18.2 Å². The molecular weight excluding hydrogens is 138 g/mol. The van der Waals surface area contributed by atoms with Gasteiger partial charge in [0.1, 0.15) is 0 Å². The molecule has 0 amide bonds. The summed E-state index contributed by atoms with van der Waals surface area (Å²) in [6.07, 6.45) is 0. The lowest BCUT2D eigenvalue weighted by atomic mass is 10.1. The molecule has 1 rings (SSSR count). The Morgan fingerprint density at radius 3 is 1.91 bits per heavy atom. The number of anilines is 2. The molecule has 0 aliphatic rings. The third-order valence-corrected chi connectivity index (χ3v) is 1.63. The topological polar surface area (TPSA) is 78.1 Å². The van der Waals surface area contributed by atoms with E-state index in [9.17, 15) is 0 Å². The Morgan fingerprint density at radius 2 is 1.64 bits per heavy atom. The molecule has 0 fully saturated rings. The van der Waals surface area contributed by atoms with E-state index in [-0.39, 0.29) is 6.04 Å². The molecule has 0 aliphatic heterocycles. The van der Waals surface area contributed by atoms with Crippen molar-refractivity contribution in [3.63, 3.8) is 0 Å². The second-order valence-corrected chi connectivity index (χ2v) is 2.64. The molecule has 3 nitrogen and oxygen atoms in total. The molecule has 0 bridgehead atoms. The predicted octanol–water partition coefficient (Wildman–Crippen LogP) is 0.871. The average Bonchev–Trinajstić information content (AvgIpc) is 1.85. The van der Waals surface area contributed by atoms with E-state index >= 15 is 0 Å². The molecule has 0 heterocycles. The molecule has 11 heavy (non-hydrogen) atoms. The monoisotopic (exact) mass is 151 g/mol. The smallest absolute Gasteiger partial charge is 0.0383 e. The minimum absolute atomic E-state index is 0.101. The van der Waals surface area contributed by atoms with Crippen LogP contribution in [-0.4, -0.2) is 0 Å². The Kier molecular flexibility index (Phi) is 2.01. The Bertz CT molecular complexity index is 235. The summed E-state index contributed by atoms with van der Waals surface area (Å²) in [5, 5.41) is 0. The summed E-state index contributed by atoms with van der Waals surface area (Å²) < 4.78 is 0. The molecule has 0 spiro atoms. The largest absolute Gasteiger partial charge is 0.398 e. The van der Waals surface area contributed by atoms with Crippen LogP contribution in [0.1, 0.15) is 18.5 Å². The van der Waals surface area contributed by atoms with Gasteiger partial charge in [-0.05, 0) is 19.1 Å². The van der Waals surface area contributed by atoms with Gasteiger partial charge in [-0.1, -0.05) is 6.07 Å². The van der Waals surface area contributed by atoms with Gasteiger partial charge >= 0.3 is 0 Å². The second kappa shape index (κ2) is 2.80. The van der Waals surface area contributed by atoms with E-state index in [1.807, 2.05) is 13.0 Å². The quantitative estimate of drug-likeness (QED) is 0.521. The normalized spacial score (nSPS) is 12.9. The van der Waals surface area contributed by atoms with Crippen LogP contribution in [0.5, 0.6) is 0 Å². The third kappa shape index (κ3) is 1.43. The fourth-order valence-corrected chi connectivity index (χ4v) is 1.13. The summed E-state index contributed by atoms with van der Waals surface area (Å²) in [5.74, 6) is 0. The number of rotatable bonds is 1. The minimum Gasteiger partial charge on any atom is -0.398 e. The number of benzene rings is 1. The van der Waals surface area contributed by atoms with Crippen molar-refractivity contribution >= 4 is 11.4 Å². The first-order chi connectivity index (χ1) is 5.13. The molecule has 60 valence electrons. The van der Waals surface area contributed by atoms with Gasteiger partial charge in [-0.2, -0.15) is 0 Å². The number of nitrogens with two attached hydrogens (primary N) is 3. The zero-order valence-corrected chi connectivity index (χ0v) is 6.54. The van der Waals surface area contributed by atoms with Gasteiger partial charge in [-0.15, -0.1) is 0 Å². The van der Waals surface area contributed by atoms with Crippen LogP contribution in [0.3, 0.4) is 0 Å². The highest BCUT2D eigenvalue weighted by Crippen LogP contribution is 2.24. The Morgan fingerprint density at radius 1 is 1.18 bits per heavy atom. The molecule has 3 heteroatoms. The lowest BCUT2D eigenvalue weighted by molar-refractivity contribution is 0.824. The summed E-state index contributed by atoms with van der Waals surface area (Å²) >= 11 is 0. The fourth-order valence-electron chi connectivity index (χ4n) is 1.13. The standard InChI is InChI=1S/C8H13N3/c1-5(9)8-6(10)3-2-4-7(8)11/h2-5H,9-11H2,1H3. The molecule has 6 N–H and O–H groups in total. The molecule has 1 unspecified atom stereocenters. The minimum atomic E-state index is -0.101. The second-order valence-electron chi connectivity index (χ2n) is 2.64. The summed E-state index contributed by atoms with van der Waals surface area (Å²) in [6.45, 7) is 1.86. The molecule has 1 atom stereocenters. The van der Waals surface area contributed by atoms with Crippen molar-refractivity contribution in [2.45, 2.75) is 13.0 Å². The maximum Gasteiger partial charge on any atom is 0.0383 e. The van der Waals surface area contributed by atoms with Crippen LogP contribution in [0.2, 0.25) is 0 Å². The van der Waals surface area contributed by atoms with Gasteiger partial charge < -0.3 is 17.2 Å². The van der Waals surface area contributed by atoms with Crippen molar-refractivity contribution in [1.29, 1.82) is 0 Å². The highest BCUT2D eigenvalue weighted by Gasteiger charge is 2.06. The van der Waals surface area contributed by atoms with Crippen LogP contribution < -0.4 is 17.2 Å². The van der Waals surface area contributed by atoms with Crippen molar-refractivity contribution in [2.24, 2.45) is 5.73 Å². The lowest BCUT2D eigenvalue weighted by Gasteiger charge is -2.11. The molecule has 0 saturated carbocycles. The SMILES string of the molecule is CC(N)c1c(N)cccc1N. The number of nitrogen functional groups attached to an aromatic ring is 2.